The minimum absolute atomic E-state index is 0.102. The van der Waals surface area contributed by atoms with E-state index in [0.717, 1.165) is 56.5 Å². The first-order valence-corrected chi connectivity index (χ1v) is 15.3. The van der Waals surface area contributed by atoms with Crippen molar-refractivity contribution in [2.24, 2.45) is 0 Å². The Bertz CT molecular complexity index is 1350. The zero-order chi connectivity index (χ0) is 35.4. The molecule has 0 atom stereocenters. The van der Waals surface area contributed by atoms with Crippen LogP contribution in [-0.4, -0.2) is 65.9 Å². The van der Waals surface area contributed by atoms with E-state index >= 15 is 0 Å². The van der Waals surface area contributed by atoms with Crippen molar-refractivity contribution in [2.75, 3.05) is 13.2 Å². The molecule has 0 saturated heterocycles. The van der Waals surface area contributed by atoms with E-state index in [0.29, 0.717) is 56.1 Å². The lowest BCUT2D eigenvalue weighted by molar-refractivity contribution is -0.138. The van der Waals surface area contributed by atoms with Crippen molar-refractivity contribution >= 4 is 37.3 Å². The largest absolute Gasteiger partial charge is 0.481 e. The van der Waals surface area contributed by atoms with E-state index in [1.165, 1.54) is 6.07 Å². The maximum atomic E-state index is 10.4. The molecular formula is C33H42O15. The molecule has 0 radical (unpaired) electrons. The normalized spacial score (nSPS) is 10.0. The molecule has 0 aromatic carbocycles. The lowest BCUT2D eigenvalue weighted by atomic mass is 10.1. The lowest BCUT2D eigenvalue weighted by Gasteiger charge is -1.99. The van der Waals surface area contributed by atoms with Crippen molar-refractivity contribution in [1.82, 2.24) is 0 Å². The van der Waals surface area contributed by atoms with Crippen LogP contribution >= 0.6 is 0 Å². The Balaban J connectivity index is 0.000000369. The van der Waals surface area contributed by atoms with Crippen molar-refractivity contribution in [2.45, 2.75) is 83.5 Å². The van der Waals surface area contributed by atoms with Gasteiger partial charge in [0.15, 0.2) is 0 Å². The van der Waals surface area contributed by atoms with Crippen LogP contribution in [0.5, 0.6) is 5.95 Å². The Morgan fingerprint density at radius 3 is 1.62 bits per heavy atom. The molecule has 0 aliphatic carbocycles. The molecule has 3 N–H and O–H groups in total. The first-order chi connectivity index (χ1) is 23.2. The highest BCUT2D eigenvalue weighted by atomic mass is 16.6. The van der Waals surface area contributed by atoms with Crippen molar-refractivity contribution < 1.29 is 71.5 Å². The van der Waals surface area contributed by atoms with Gasteiger partial charge in [-0.15, -0.1) is 0 Å². The second-order valence-electron chi connectivity index (χ2n) is 10.1. The van der Waals surface area contributed by atoms with Crippen LogP contribution < -0.4 is 4.74 Å². The number of hydrogen-bond donors (Lipinski definition) is 3. The van der Waals surface area contributed by atoms with Crippen LogP contribution in [0.2, 0.25) is 0 Å². The van der Waals surface area contributed by atoms with Crippen LogP contribution in [0.15, 0.2) is 49.6 Å². The third-order valence-electron chi connectivity index (χ3n) is 6.23. The average molecular weight is 679 g/mol. The Morgan fingerprint density at radius 1 is 0.521 bits per heavy atom. The number of unbranched alkanes of at least 4 members (excludes halogenated alkanes) is 3. The number of aryl methyl sites for hydroxylation is 3. The van der Waals surface area contributed by atoms with E-state index in [9.17, 15) is 28.8 Å². The van der Waals surface area contributed by atoms with E-state index in [4.69, 9.17) is 28.6 Å². The second-order valence-corrected chi connectivity index (χ2v) is 10.1. The Labute approximate surface area is 276 Å². The standard InChI is InChI=1S/C15H22O5.2C9H10O5/c16-12-19-11-5-4-7-14-10-9-13(20-14)6-2-1-3-8-15(17)18;10-6-13-4-3-7-1-2-8(14-7)5-9(11)12;10-6-13-9-5-4-7(14-9)2-1-3-8(11)12/h9-10,12H,1-8,11H2,(H,17,18);1-2,6H,3-5H2,(H,11,12);4-6H,1-3H2,(H,11,12). The molecule has 15 nitrogen and oxygen atoms in total. The maximum Gasteiger partial charge on any atom is 0.311 e. The van der Waals surface area contributed by atoms with Gasteiger partial charge in [-0.25, -0.2) is 0 Å². The average Bonchev–Trinajstić information content (AvgIpc) is 3.80. The van der Waals surface area contributed by atoms with Gasteiger partial charge in [-0.05, 0) is 62.4 Å². The highest BCUT2D eigenvalue weighted by Crippen LogP contribution is 2.17. The zero-order valence-electron chi connectivity index (χ0n) is 26.5. The predicted octanol–water partition coefficient (Wildman–Crippen LogP) is 4.81. The number of rotatable bonds is 24. The predicted molar refractivity (Wildman–Crippen MR) is 165 cm³/mol. The highest BCUT2D eigenvalue weighted by Gasteiger charge is 2.07. The summed E-state index contributed by atoms with van der Waals surface area (Å²) < 4.78 is 29.5. The van der Waals surface area contributed by atoms with Gasteiger partial charge >= 0.3 is 24.4 Å². The summed E-state index contributed by atoms with van der Waals surface area (Å²) in [5.41, 5.74) is 0. The second kappa shape index (κ2) is 25.8. The van der Waals surface area contributed by atoms with Crippen LogP contribution in [0.4, 0.5) is 0 Å². The molecule has 15 heteroatoms. The van der Waals surface area contributed by atoms with Gasteiger partial charge in [0.05, 0.1) is 13.2 Å². The van der Waals surface area contributed by atoms with E-state index in [1.54, 1.807) is 18.2 Å². The Hall–Kier alpha value is -5.34. The quantitative estimate of drug-likeness (QED) is 0.0852. The molecule has 0 bridgehead atoms. The summed E-state index contributed by atoms with van der Waals surface area (Å²) in [7, 11) is 0. The monoisotopic (exact) mass is 678 g/mol. The number of hydrogen-bond acceptors (Lipinski definition) is 12. The van der Waals surface area contributed by atoms with E-state index in [-0.39, 0.29) is 38.3 Å². The van der Waals surface area contributed by atoms with Crippen LogP contribution in [0.25, 0.3) is 0 Å². The van der Waals surface area contributed by atoms with Crippen molar-refractivity contribution in [3.8, 4) is 5.95 Å². The maximum absolute atomic E-state index is 10.4. The number of ether oxygens (including phenoxy) is 3. The summed E-state index contributed by atoms with van der Waals surface area (Å²) in [6, 6.07) is 10.4. The molecule has 0 unspecified atom stereocenters. The number of carboxylic acid groups (broad SMARTS) is 3. The fraction of sp³-hybridized carbons (Fsp3) is 0.455. The van der Waals surface area contributed by atoms with Crippen molar-refractivity contribution in [1.29, 1.82) is 0 Å². The molecule has 3 aromatic heterocycles. The summed E-state index contributed by atoms with van der Waals surface area (Å²) in [5.74, 6) is 1.17. The molecule has 3 aromatic rings. The smallest absolute Gasteiger partial charge is 0.311 e. The van der Waals surface area contributed by atoms with Gasteiger partial charge in [0.1, 0.15) is 35.2 Å². The SMILES string of the molecule is O=COCCCCc1ccc(CCCCCC(=O)O)o1.O=COCCc1ccc(CC(=O)O)o1.O=COc1ccc(CCCC(=O)O)o1. The molecule has 3 heterocycles. The molecule has 0 saturated carbocycles. The Kier molecular flexibility index (Phi) is 21.9. The lowest BCUT2D eigenvalue weighted by Crippen LogP contribution is -1.98. The number of carboxylic acids is 3. The molecule has 264 valence electrons. The van der Waals surface area contributed by atoms with E-state index in [2.05, 4.69) is 14.2 Å². The summed E-state index contributed by atoms with van der Waals surface area (Å²) in [6.07, 6.45) is 7.75. The minimum atomic E-state index is -0.935. The molecular weight excluding hydrogens is 636 g/mol. The molecule has 0 aliphatic rings. The topological polar surface area (TPSA) is 230 Å². The molecule has 0 spiro atoms. The zero-order valence-corrected chi connectivity index (χ0v) is 26.5. The van der Waals surface area contributed by atoms with Crippen molar-refractivity contribution in [3.63, 3.8) is 0 Å². The van der Waals surface area contributed by atoms with Gasteiger partial charge in [-0.1, -0.05) is 6.42 Å². The molecule has 0 aliphatic heterocycles. The van der Waals surface area contributed by atoms with E-state index < -0.39 is 17.9 Å². The Morgan fingerprint density at radius 2 is 1.02 bits per heavy atom. The summed E-state index contributed by atoms with van der Waals surface area (Å²) in [6.45, 7) is 1.81. The van der Waals surface area contributed by atoms with Gasteiger partial charge in [-0.2, -0.15) is 0 Å². The third-order valence-corrected chi connectivity index (χ3v) is 6.23. The first-order valence-electron chi connectivity index (χ1n) is 15.3. The molecule has 48 heavy (non-hydrogen) atoms. The van der Waals surface area contributed by atoms with Crippen molar-refractivity contribution in [3.05, 3.63) is 65.2 Å². The first kappa shape index (κ1) is 40.7. The molecule has 3 rings (SSSR count). The van der Waals surface area contributed by atoms with Crippen LogP contribution in [-0.2, 0) is 70.3 Å². The number of furan rings is 3. The minimum Gasteiger partial charge on any atom is -0.481 e. The number of carbonyl (C=O) groups is 6. The van der Waals surface area contributed by atoms with Crippen LogP contribution in [0.3, 0.4) is 0 Å². The highest BCUT2D eigenvalue weighted by molar-refractivity contribution is 5.69. The fourth-order valence-electron chi connectivity index (χ4n) is 4.00. The van der Waals surface area contributed by atoms with E-state index in [1.807, 2.05) is 12.1 Å². The van der Waals surface area contributed by atoms with Gasteiger partial charge in [0.2, 0.25) is 0 Å². The summed E-state index contributed by atoms with van der Waals surface area (Å²) in [4.78, 5) is 60.6. The van der Waals surface area contributed by atoms with Crippen LogP contribution in [0, 0.1) is 0 Å². The van der Waals surface area contributed by atoms with Crippen LogP contribution in [0.1, 0.15) is 80.2 Å². The number of carbonyl (C=O) groups excluding carboxylic acids is 3. The number of aliphatic carboxylic acids is 3. The van der Waals surface area contributed by atoms with Gasteiger partial charge in [0.25, 0.3) is 18.9 Å². The van der Waals surface area contributed by atoms with Gasteiger partial charge in [0, 0.05) is 44.6 Å². The third kappa shape index (κ3) is 21.4. The fourth-order valence-corrected chi connectivity index (χ4v) is 4.00. The summed E-state index contributed by atoms with van der Waals surface area (Å²) in [5, 5.41) is 25.4. The summed E-state index contributed by atoms with van der Waals surface area (Å²) >= 11 is 0. The molecule has 0 amide bonds. The molecule has 0 fully saturated rings. The van der Waals surface area contributed by atoms with Gasteiger partial charge < -0.3 is 42.8 Å². The van der Waals surface area contributed by atoms with Gasteiger partial charge in [-0.3, -0.25) is 28.8 Å².